The van der Waals surface area contributed by atoms with Gasteiger partial charge in [-0.25, -0.2) is 9.18 Å². The van der Waals surface area contributed by atoms with Crippen molar-refractivity contribution in [3.63, 3.8) is 0 Å². The molecule has 116 valence electrons. The second kappa shape index (κ2) is 7.38. The predicted molar refractivity (Wildman–Crippen MR) is 78.6 cm³/mol. The monoisotopic (exact) mass is 295 g/mol. The summed E-state index contributed by atoms with van der Waals surface area (Å²) in [6.45, 7) is 2.53. The number of aliphatic hydroxyl groups is 1. The van der Waals surface area contributed by atoms with Crippen molar-refractivity contribution in [2.75, 3.05) is 39.8 Å². The van der Waals surface area contributed by atoms with Crippen LogP contribution in [0, 0.1) is 5.82 Å². The van der Waals surface area contributed by atoms with Crippen molar-refractivity contribution in [3.05, 3.63) is 35.6 Å². The summed E-state index contributed by atoms with van der Waals surface area (Å²) < 4.78 is 12.8. The van der Waals surface area contributed by atoms with Crippen molar-refractivity contribution in [1.82, 2.24) is 15.1 Å². The lowest BCUT2D eigenvalue weighted by Crippen LogP contribution is -2.56. The number of likely N-dealkylation sites (N-methyl/N-ethyl adjacent to an activating group) is 1. The Morgan fingerprint density at radius 2 is 2.10 bits per heavy atom. The summed E-state index contributed by atoms with van der Waals surface area (Å²) in [6.07, 6.45) is 0.670. The highest BCUT2D eigenvalue weighted by atomic mass is 19.1. The Morgan fingerprint density at radius 3 is 2.76 bits per heavy atom. The van der Waals surface area contributed by atoms with E-state index in [0.29, 0.717) is 26.1 Å². The Bertz CT molecular complexity index is 466. The lowest BCUT2D eigenvalue weighted by molar-refractivity contribution is 0.0720. The molecule has 6 heteroatoms. The van der Waals surface area contributed by atoms with Gasteiger partial charge in [-0.1, -0.05) is 12.1 Å². The van der Waals surface area contributed by atoms with Gasteiger partial charge in [-0.3, -0.25) is 4.90 Å². The predicted octanol–water partition coefficient (Wildman–Crippen LogP) is 0.686. The fourth-order valence-corrected chi connectivity index (χ4v) is 2.40. The van der Waals surface area contributed by atoms with Crippen LogP contribution in [0.2, 0.25) is 0 Å². The summed E-state index contributed by atoms with van der Waals surface area (Å²) in [4.78, 5) is 15.9. The highest BCUT2D eigenvalue weighted by Gasteiger charge is 2.26. The normalized spacial score (nSPS) is 19.6. The summed E-state index contributed by atoms with van der Waals surface area (Å²) in [5, 5.41) is 12.1. The number of hydrogen-bond acceptors (Lipinski definition) is 3. The zero-order valence-electron chi connectivity index (χ0n) is 12.3. The lowest BCUT2D eigenvalue weighted by Gasteiger charge is -2.38. The molecule has 5 nitrogen and oxygen atoms in total. The first-order chi connectivity index (χ1) is 10.1. The fraction of sp³-hybridized carbons (Fsp3) is 0.533. The Kier molecular flexibility index (Phi) is 5.52. The van der Waals surface area contributed by atoms with Crippen molar-refractivity contribution in [3.8, 4) is 0 Å². The summed E-state index contributed by atoms with van der Waals surface area (Å²) in [6, 6.07) is 6.18. The minimum absolute atomic E-state index is 0.00148. The lowest BCUT2D eigenvalue weighted by atomic mass is 10.1. The molecule has 1 atom stereocenters. The zero-order chi connectivity index (χ0) is 15.2. The van der Waals surface area contributed by atoms with E-state index in [-0.39, 0.29) is 24.5 Å². The Balaban J connectivity index is 1.75. The van der Waals surface area contributed by atoms with Gasteiger partial charge in [0.05, 0.1) is 12.6 Å². The van der Waals surface area contributed by atoms with E-state index in [4.69, 9.17) is 0 Å². The van der Waals surface area contributed by atoms with Gasteiger partial charge in [0.2, 0.25) is 0 Å². The van der Waals surface area contributed by atoms with Gasteiger partial charge in [0.25, 0.3) is 0 Å². The quantitative estimate of drug-likeness (QED) is 0.859. The first-order valence-corrected chi connectivity index (χ1v) is 7.18. The van der Waals surface area contributed by atoms with Gasteiger partial charge in [-0.2, -0.15) is 0 Å². The third-order valence-corrected chi connectivity index (χ3v) is 3.88. The van der Waals surface area contributed by atoms with Crippen LogP contribution in [-0.4, -0.2) is 66.8 Å². The van der Waals surface area contributed by atoms with Gasteiger partial charge in [-0.15, -0.1) is 0 Å². The van der Waals surface area contributed by atoms with E-state index >= 15 is 0 Å². The second-order valence-electron chi connectivity index (χ2n) is 5.37. The minimum Gasteiger partial charge on any atom is -0.395 e. The van der Waals surface area contributed by atoms with Crippen LogP contribution < -0.4 is 5.32 Å². The van der Waals surface area contributed by atoms with Gasteiger partial charge in [0, 0.05) is 26.2 Å². The largest absolute Gasteiger partial charge is 0.395 e. The molecule has 1 saturated heterocycles. The average molecular weight is 295 g/mol. The minimum atomic E-state index is -0.254. The number of benzene rings is 1. The third kappa shape index (κ3) is 4.41. The molecule has 2 amide bonds. The van der Waals surface area contributed by atoms with Crippen molar-refractivity contribution in [1.29, 1.82) is 0 Å². The number of nitrogens with one attached hydrogen (secondary N) is 1. The third-order valence-electron chi connectivity index (χ3n) is 3.88. The molecule has 1 aromatic rings. The molecule has 1 fully saturated rings. The average Bonchev–Trinajstić information content (AvgIpc) is 2.49. The van der Waals surface area contributed by atoms with Crippen molar-refractivity contribution < 1.29 is 14.3 Å². The standard InChI is InChI=1S/C15H22FN3O2/c1-18-8-9-19(10-14(18)11-20)15(21)17-7-6-12-2-4-13(16)5-3-12/h2-5,14,20H,6-11H2,1H3,(H,17,21). The molecule has 0 spiro atoms. The first-order valence-electron chi connectivity index (χ1n) is 7.18. The van der Waals surface area contributed by atoms with E-state index < -0.39 is 0 Å². The molecule has 0 aromatic heterocycles. The molecular formula is C15H22FN3O2. The maximum atomic E-state index is 12.8. The Labute approximate surface area is 124 Å². The van der Waals surface area contributed by atoms with Gasteiger partial charge in [0.1, 0.15) is 5.82 Å². The summed E-state index contributed by atoms with van der Waals surface area (Å²) >= 11 is 0. The fourth-order valence-electron chi connectivity index (χ4n) is 2.40. The van der Waals surface area contributed by atoms with Crippen molar-refractivity contribution in [2.45, 2.75) is 12.5 Å². The maximum absolute atomic E-state index is 12.8. The number of urea groups is 1. The van der Waals surface area contributed by atoms with Crippen LogP contribution in [0.5, 0.6) is 0 Å². The molecule has 1 aliphatic rings. The van der Waals surface area contributed by atoms with Crippen LogP contribution in [0.25, 0.3) is 0 Å². The number of halogens is 1. The summed E-state index contributed by atoms with van der Waals surface area (Å²) in [5.74, 6) is -0.254. The van der Waals surface area contributed by atoms with Gasteiger partial charge >= 0.3 is 6.03 Å². The highest BCUT2D eigenvalue weighted by Crippen LogP contribution is 2.07. The molecule has 1 aromatic carbocycles. The molecule has 2 N–H and O–H groups in total. The number of rotatable bonds is 4. The molecule has 0 saturated carbocycles. The van der Waals surface area contributed by atoms with Gasteiger partial charge in [-0.05, 0) is 31.2 Å². The number of carbonyl (C=O) groups excluding carboxylic acids is 1. The van der Waals surface area contributed by atoms with Gasteiger partial charge < -0.3 is 15.3 Å². The van der Waals surface area contributed by atoms with E-state index in [2.05, 4.69) is 10.2 Å². The van der Waals surface area contributed by atoms with Crippen LogP contribution in [0.3, 0.4) is 0 Å². The molecule has 1 unspecified atom stereocenters. The van der Waals surface area contributed by atoms with Crippen LogP contribution in [0.1, 0.15) is 5.56 Å². The molecule has 0 aliphatic carbocycles. The summed E-state index contributed by atoms with van der Waals surface area (Å²) in [5.41, 5.74) is 0.989. The van der Waals surface area contributed by atoms with Crippen LogP contribution >= 0.6 is 0 Å². The number of aliphatic hydroxyl groups excluding tert-OH is 1. The summed E-state index contributed by atoms with van der Waals surface area (Å²) in [7, 11) is 1.95. The first kappa shape index (κ1) is 15.7. The van der Waals surface area contributed by atoms with E-state index in [0.717, 1.165) is 12.1 Å². The number of amides is 2. The smallest absolute Gasteiger partial charge is 0.317 e. The topological polar surface area (TPSA) is 55.8 Å². The van der Waals surface area contributed by atoms with E-state index in [1.54, 1.807) is 17.0 Å². The van der Waals surface area contributed by atoms with Gasteiger partial charge in [0.15, 0.2) is 0 Å². The molecule has 0 bridgehead atoms. The highest BCUT2D eigenvalue weighted by molar-refractivity contribution is 5.74. The van der Waals surface area contributed by atoms with Crippen molar-refractivity contribution in [2.24, 2.45) is 0 Å². The molecule has 0 radical (unpaired) electrons. The number of carbonyl (C=O) groups is 1. The number of hydrogen-bond donors (Lipinski definition) is 2. The van der Waals surface area contributed by atoms with Crippen LogP contribution in [0.4, 0.5) is 9.18 Å². The Morgan fingerprint density at radius 1 is 1.38 bits per heavy atom. The molecule has 2 rings (SSSR count). The second-order valence-corrected chi connectivity index (χ2v) is 5.37. The maximum Gasteiger partial charge on any atom is 0.317 e. The molecule has 1 aliphatic heterocycles. The van der Waals surface area contributed by atoms with Crippen molar-refractivity contribution >= 4 is 6.03 Å². The van der Waals surface area contributed by atoms with E-state index in [1.807, 2.05) is 7.05 Å². The molecule has 21 heavy (non-hydrogen) atoms. The zero-order valence-corrected chi connectivity index (χ0v) is 12.3. The SMILES string of the molecule is CN1CCN(C(=O)NCCc2ccc(F)cc2)CC1CO. The molecule has 1 heterocycles. The van der Waals surface area contributed by atoms with Crippen LogP contribution in [0.15, 0.2) is 24.3 Å². The number of nitrogens with zero attached hydrogens (tertiary/aromatic N) is 2. The Hall–Kier alpha value is -1.66. The van der Waals surface area contributed by atoms with E-state index in [1.165, 1.54) is 12.1 Å². The number of piperazine rings is 1. The van der Waals surface area contributed by atoms with Crippen LogP contribution in [-0.2, 0) is 6.42 Å². The molecular weight excluding hydrogens is 273 g/mol. The van der Waals surface area contributed by atoms with E-state index in [9.17, 15) is 14.3 Å².